The molecule has 1 amide bonds. The highest BCUT2D eigenvalue weighted by Gasteiger charge is 2.47. The van der Waals surface area contributed by atoms with E-state index in [1.54, 1.807) is 30.3 Å². The number of hydrogen-bond acceptors (Lipinski definition) is 4. The quantitative estimate of drug-likeness (QED) is 0.501. The molecule has 144 valence electrons. The lowest BCUT2D eigenvalue weighted by atomic mass is 9.95. The van der Waals surface area contributed by atoms with Crippen molar-refractivity contribution < 1.29 is 23.8 Å². The van der Waals surface area contributed by atoms with Crippen molar-refractivity contribution in [1.29, 1.82) is 0 Å². The third-order valence-corrected chi connectivity index (χ3v) is 5.20. The number of aliphatic hydroxyl groups is 1. The lowest BCUT2D eigenvalue weighted by molar-refractivity contribution is -0.140. The van der Waals surface area contributed by atoms with Crippen LogP contribution in [0.2, 0.25) is 0 Å². The number of ketones is 1. The first kappa shape index (κ1) is 18.4. The fourth-order valence-electron chi connectivity index (χ4n) is 3.82. The summed E-state index contributed by atoms with van der Waals surface area (Å²) >= 11 is 0. The molecule has 2 saturated heterocycles. The van der Waals surface area contributed by atoms with E-state index in [1.165, 1.54) is 29.2 Å². The standard InChI is InChI=1S/C22H20FNO4/c23-16-10-8-14(9-11-16)19-18(20(25)15-5-2-1-3-6-15)21(26)22(27)24(19)13-17-7-4-12-28-17/h1-3,5-6,8-11,17,19,25H,4,7,12-13H2. The average Bonchev–Trinajstić information content (AvgIpc) is 3.31. The maximum Gasteiger partial charge on any atom is 0.295 e. The van der Waals surface area contributed by atoms with Gasteiger partial charge in [0.25, 0.3) is 11.7 Å². The second-order valence-corrected chi connectivity index (χ2v) is 7.00. The summed E-state index contributed by atoms with van der Waals surface area (Å²) in [6.45, 7) is 0.873. The molecule has 0 aliphatic carbocycles. The molecular formula is C22H20FNO4. The summed E-state index contributed by atoms with van der Waals surface area (Å²) in [4.78, 5) is 27.1. The number of amides is 1. The molecule has 6 heteroatoms. The maximum atomic E-state index is 13.4. The molecule has 4 rings (SSSR count). The summed E-state index contributed by atoms with van der Waals surface area (Å²) < 4.78 is 19.1. The minimum atomic E-state index is -0.787. The van der Waals surface area contributed by atoms with E-state index in [2.05, 4.69) is 0 Å². The van der Waals surface area contributed by atoms with Crippen LogP contribution in [0.1, 0.15) is 30.0 Å². The van der Waals surface area contributed by atoms with Crippen molar-refractivity contribution in [2.24, 2.45) is 0 Å². The van der Waals surface area contributed by atoms with E-state index < -0.39 is 23.5 Å². The maximum absolute atomic E-state index is 13.4. The summed E-state index contributed by atoms with van der Waals surface area (Å²) in [5.41, 5.74) is 1.03. The van der Waals surface area contributed by atoms with Gasteiger partial charge in [-0.2, -0.15) is 0 Å². The molecule has 2 aliphatic rings. The Balaban J connectivity index is 1.81. The third-order valence-electron chi connectivity index (χ3n) is 5.20. The molecular weight excluding hydrogens is 361 g/mol. The Hall–Kier alpha value is -2.99. The van der Waals surface area contributed by atoms with Crippen LogP contribution >= 0.6 is 0 Å². The summed E-state index contributed by atoms with van der Waals surface area (Å²) in [5.74, 6) is -2.07. The zero-order valence-electron chi connectivity index (χ0n) is 15.2. The van der Waals surface area contributed by atoms with Crippen LogP contribution in [0.3, 0.4) is 0 Å². The molecule has 2 heterocycles. The first-order valence-electron chi connectivity index (χ1n) is 9.27. The van der Waals surface area contributed by atoms with Gasteiger partial charge in [-0.1, -0.05) is 42.5 Å². The summed E-state index contributed by atoms with van der Waals surface area (Å²) in [6.07, 6.45) is 1.55. The highest BCUT2D eigenvalue weighted by molar-refractivity contribution is 6.46. The van der Waals surface area contributed by atoms with Crippen LogP contribution < -0.4 is 0 Å². The molecule has 2 aliphatic heterocycles. The molecule has 1 N–H and O–H groups in total. The number of ether oxygens (including phenoxy) is 1. The molecule has 2 fully saturated rings. The largest absolute Gasteiger partial charge is 0.507 e. The monoisotopic (exact) mass is 381 g/mol. The van der Waals surface area contributed by atoms with Gasteiger partial charge in [0.15, 0.2) is 0 Å². The fraction of sp³-hybridized carbons (Fsp3) is 0.273. The van der Waals surface area contributed by atoms with Crippen LogP contribution in [0.25, 0.3) is 5.76 Å². The number of halogens is 1. The summed E-state index contributed by atoms with van der Waals surface area (Å²) in [7, 11) is 0. The zero-order valence-corrected chi connectivity index (χ0v) is 15.2. The number of carbonyl (C=O) groups excluding carboxylic acids is 2. The van der Waals surface area contributed by atoms with E-state index in [-0.39, 0.29) is 24.0 Å². The van der Waals surface area contributed by atoms with Crippen LogP contribution in [0, 0.1) is 5.82 Å². The fourth-order valence-corrected chi connectivity index (χ4v) is 3.82. The smallest absolute Gasteiger partial charge is 0.295 e. The Morgan fingerprint density at radius 2 is 1.82 bits per heavy atom. The number of aliphatic hydroxyl groups excluding tert-OH is 1. The van der Waals surface area contributed by atoms with Gasteiger partial charge in [-0.25, -0.2) is 4.39 Å². The van der Waals surface area contributed by atoms with E-state index in [1.807, 2.05) is 0 Å². The number of nitrogens with zero attached hydrogens (tertiary/aromatic N) is 1. The lowest BCUT2D eigenvalue weighted by Crippen LogP contribution is -2.36. The first-order valence-corrected chi connectivity index (χ1v) is 9.27. The van der Waals surface area contributed by atoms with E-state index in [9.17, 15) is 19.1 Å². The summed E-state index contributed by atoms with van der Waals surface area (Å²) in [5, 5.41) is 10.8. The van der Waals surface area contributed by atoms with E-state index >= 15 is 0 Å². The second kappa shape index (κ2) is 7.56. The molecule has 2 atom stereocenters. The van der Waals surface area contributed by atoms with Crippen molar-refractivity contribution in [3.8, 4) is 0 Å². The van der Waals surface area contributed by atoms with Crippen molar-refractivity contribution in [2.45, 2.75) is 25.0 Å². The van der Waals surface area contributed by atoms with Crippen molar-refractivity contribution in [1.82, 2.24) is 4.90 Å². The Morgan fingerprint density at radius 3 is 2.46 bits per heavy atom. The van der Waals surface area contributed by atoms with E-state index in [0.29, 0.717) is 17.7 Å². The molecule has 2 aromatic carbocycles. The SMILES string of the molecule is O=C1C(=O)N(CC2CCCO2)C(c2ccc(F)cc2)C1=C(O)c1ccccc1. The predicted octanol–water partition coefficient (Wildman–Crippen LogP) is 3.43. The number of hydrogen-bond donors (Lipinski definition) is 1. The minimum absolute atomic E-state index is 0.0146. The summed E-state index contributed by atoms with van der Waals surface area (Å²) in [6, 6.07) is 13.5. The molecule has 28 heavy (non-hydrogen) atoms. The number of likely N-dealkylation sites (tertiary alicyclic amines) is 1. The van der Waals surface area contributed by atoms with Crippen molar-refractivity contribution in [2.75, 3.05) is 13.2 Å². The normalized spacial score (nSPS) is 24.1. The van der Waals surface area contributed by atoms with E-state index in [4.69, 9.17) is 4.74 Å². The van der Waals surface area contributed by atoms with Gasteiger partial charge in [-0.05, 0) is 30.5 Å². The average molecular weight is 381 g/mol. The topological polar surface area (TPSA) is 66.8 Å². The second-order valence-electron chi connectivity index (χ2n) is 7.00. The van der Waals surface area contributed by atoms with Gasteiger partial charge in [-0.15, -0.1) is 0 Å². The molecule has 0 spiro atoms. The highest BCUT2D eigenvalue weighted by Crippen LogP contribution is 2.40. The molecule has 0 saturated carbocycles. The predicted molar refractivity (Wildman–Crippen MR) is 101 cm³/mol. The van der Waals surface area contributed by atoms with Crippen LogP contribution in [-0.2, 0) is 14.3 Å². The lowest BCUT2D eigenvalue weighted by Gasteiger charge is -2.27. The molecule has 2 aromatic rings. The number of rotatable bonds is 4. The molecule has 0 radical (unpaired) electrons. The van der Waals surface area contributed by atoms with Gasteiger partial charge >= 0.3 is 0 Å². The van der Waals surface area contributed by atoms with E-state index in [0.717, 1.165) is 12.8 Å². The Kier molecular flexibility index (Phi) is 4.96. The zero-order chi connectivity index (χ0) is 19.7. The molecule has 2 unspecified atom stereocenters. The van der Waals surface area contributed by atoms with Crippen molar-refractivity contribution in [3.63, 3.8) is 0 Å². The van der Waals surface area contributed by atoms with Gasteiger partial charge in [0.2, 0.25) is 0 Å². The van der Waals surface area contributed by atoms with Gasteiger partial charge < -0.3 is 14.7 Å². The third kappa shape index (κ3) is 3.31. The molecule has 5 nitrogen and oxygen atoms in total. The van der Waals surface area contributed by atoms with Crippen LogP contribution in [0.15, 0.2) is 60.2 Å². The Bertz CT molecular complexity index is 917. The van der Waals surface area contributed by atoms with Gasteiger partial charge in [0, 0.05) is 18.7 Å². The van der Waals surface area contributed by atoms with Crippen LogP contribution in [0.5, 0.6) is 0 Å². The van der Waals surface area contributed by atoms with Gasteiger partial charge in [0.1, 0.15) is 11.6 Å². The Labute approximate surface area is 162 Å². The van der Waals surface area contributed by atoms with Crippen molar-refractivity contribution >= 4 is 17.4 Å². The number of Topliss-reactive ketones (excluding diaryl/α,β-unsaturated/α-hetero) is 1. The first-order chi connectivity index (χ1) is 13.6. The minimum Gasteiger partial charge on any atom is -0.507 e. The molecule has 0 aromatic heterocycles. The number of carbonyl (C=O) groups is 2. The Morgan fingerprint density at radius 1 is 1.11 bits per heavy atom. The van der Waals surface area contributed by atoms with Gasteiger partial charge in [-0.3, -0.25) is 9.59 Å². The highest BCUT2D eigenvalue weighted by atomic mass is 19.1. The van der Waals surface area contributed by atoms with Crippen LogP contribution in [0.4, 0.5) is 4.39 Å². The van der Waals surface area contributed by atoms with Crippen LogP contribution in [-0.4, -0.2) is 41.0 Å². The molecule has 0 bridgehead atoms. The van der Waals surface area contributed by atoms with Gasteiger partial charge in [0.05, 0.1) is 17.7 Å². The number of benzene rings is 2. The van der Waals surface area contributed by atoms with Crippen molar-refractivity contribution in [3.05, 3.63) is 77.1 Å².